The van der Waals surface area contributed by atoms with Crippen LogP contribution in [0.25, 0.3) is 0 Å². The molecule has 6 heteroatoms. The molecule has 0 N–H and O–H groups in total. The molecule has 0 saturated carbocycles. The maximum Gasteiger partial charge on any atom is 0.227 e. The van der Waals surface area contributed by atoms with Crippen molar-refractivity contribution >= 4 is 15.9 Å². The first-order valence-electron chi connectivity index (χ1n) is 8.17. The molecule has 1 amide bonds. The summed E-state index contributed by atoms with van der Waals surface area (Å²) >= 11 is 0. The van der Waals surface area contributed by atoms with E-state index in [1.807, 2.05) is 35.2 Å². The van der Waals surface area contributed by atoms with E-state index in [1.165, 1.54) is 4.31 Å². The Morgan fingerprint density at radius 3 is 2.43 bits per heavy atom. The molecule has 1 aromatic rings. The van der Waals surface area contributed by atoms with Gasteiger partial charge in [-0.05, 0) is 11.5 Å². The summed E-state index contributed by atoms with van der Waals surface area (Å²) < 4.78 is 26.7. The molecule has 0 aromatic heterocycles. The van der Waals surface area contributed by atoms with Crippen molar-refractivity contribution in [2.45, 2.75) is 19.6 Å². The number of nitrogens with zero attached hydrogens (tertiary/aromatic N) is 2. The van der Waals surface area contributed by atoms with E-state index in [4.69, 9.17) is 0 Å². The average molecular weight is 336 g/mol. The highest BCUT2D eigenvalue weighted by Gasteiger charge is 2.48. The zero-order chi connectivity index (χ0) is 16.6. The lowest BCUT2D eigenvalue weighted by molar-refractivity contribution is -0.131. The topological polar surface area (TPSA) is 57.7 Å². The third-order valence-electron chi connectivity index (χ3n) is 4.66. The summed E-state index contributed by atoms with van der Waals surface area (Å²) in [5.41, 5.74) is 0.789. The number of sulfonamides is 1. The van der Waals surface area contributed by atoms with E-state index in [0.717, 1.165) is 12.1 Å². The molecule has 2 aliphatic rings. The van der Waals surface area contributed by atoms with Crippen molar-refractivity contribution in [1.82, 2.24) is 9.21 Å². The standard InChI is InChI=1S/C17H24N2O3S/c1-13(2)8-18-9-15-10-19(11-16(15)17(18)20)23(21,22)12-14-6-4-3-5-7-14/h3-7,13,15-16H,8-12H2,1-2H3/t15-,16+/m1/s1. The molecular weight excluding hydrogens is 312 g/mol. The highest BCUT2D eigenvalue weighted by molar-refractivity contribution is 7.88. The van der Waals surface area contributed by atoms with Crippen molar-refractivity contribution in [2.75, 3.05) is 26.2 Å². The predicted octanol–water partition coefficient (Wildman–Crippen LogP) is 1.56. The molecule has 5 nitrogen and oxygen atoms in total. The van der Waals surface area contributed by atoms with Gasteiger partial charge in [0.05, 0.1) is 11.7 Å². The second-order valence-corrected chi connectivity index (χ2v) is 9.03. The van der Waals surface area contributed by atoms with Gasteiger partial charge in [-0.25, -0.2) is 12.7 Å². The molecule has 2 atom stereocenters. The number of hydrogen-bond donors (Lipinski definition) is 0. The minimum Gasteiger partial charge on any atom is -0.342 e. The van der Waals surface area contributed by atoms with Gasteiger partial charge in [-0.3, -0.25) is 4.79 Å². The van der Waals surface area contributed by atoms with Gasteiger partial charge in [-0.15, -0.1) is 0 Å². The molecule has 2 heterocycles. The molecule has 0 radical (unpaired) electrons. The molecular formula is C17H24N2O3S. The summed E-state index contributed by atoms with van der Waals surface area (Å²) in [5, 5.41) is 0. The largest absolute Gasteiger partial charge is 0.342 e. The Morgan fingerprint density at radius 2 is 1.83 bits per heavy atom. The van der Waals surface area contributed by atoms with Crippen LogP contribution in [0.3, 0.4) is 0 Å². The number of carbonyl (C=O) groups excluding carboxylic acids is 1. The van der Waals surface area contributed by atoms with E-state index in [9.17, 15) is 13.2 Å². The third-order valence-corrected chi connectivity index (χ3v) is 6.45. The first-order chi connectivity index (χ1) is 10.9. The van der Waals surface area contributed by atoms with Crippen molar-refractivity contribution < 1.29 is 13.2 Å². The number of carbonyl (C=O) groups is 1. The van der Waals surface area contributed by atoms with Gasteiger partial charge in [0.2, 0.25) is 15.9 Å². The van der Waals surface area contributed by atoms with Gasteiger partial charge in [0.1, 0.15) is 0 Å². The number of rotatable bonds is 5. The van der Waals surface area contributed by atoms with E-state index >= 15 is 0 Å². The fourth-order valence-electron chi connectivity index (χ4n) is 3.61. The zero-order valence-corrected chi connectivity index (χ0v) is 14.5. The normalized spacial score (nSPS) is 25.3. The van der Waals surface area contributed by atoms with Crippen LogP contribution in [0.15, 0.2) is 30.3 Å². The molecule has 2 aliphatic heterocycles. The van der Waals surface area contributed by atoms with E-state index in [-0.39, 0.29) is 23.5 Å². The van der Waals surface area contributed by atoms with E-state index < -0.39 is 10.0 Å². The van der Waals surface area contributed by atoms with Gasteiger partial charge in [0, 0.05) is 32.1 Å². The van der Waals surface area contributed by atoms with Gasteiger partial charge in [-0.1, -0.05) is 44.2 Å². The predicted molar refractivity (Wildman–Crippen MR) is 89.0 cm³/mol. The molecule has 0 unspecified atom stereocenters. The Bertz CT molecular complexity index is 672. The van der Waals surface area contributed by atoms with Crippen molar-refractivity contribution in [2.24, 2.45) is 17.8 Å². The lowest BCUT2D eigenvalue weighted by atomic mass is 10.0. The van der Waals surface area contributed by atoms with E-state index in [2.05, 4.69) is 13.8 Å². The zero-order valence-electron chi connectivity index (χ0n) is 13.7. The monoisotopic (exact) mass is 336 g/mol. The number of benzene rings is 1. The molecule has 0 bridgehead atoms. The van der Waals surface area contributed by atoms with Crippen LogP contribution in [0.2, 0.25) is 0 Å². The fraction of sp³-hybridized carbons (Fsp3) is 0.588. The van der Waals surface area contributed by atoms with Gasteiger partial charge in [-0.2, -0.15) is 0 Å². The van der Waals surface area contributed by atoms with Crippen molar-refractivity contribution in [3.63, 3.8) is 0 Å². The van der Waals surface area contributed by atoms with Crippen LogP contribution in [-0.2, 0) is 20.6 Å². The number of fused-ring (bicyclic) bond motifs is 1. The van der Waals surface area contributed by atoms with Crippen molar-refractivity contribution in [3.8, 4) is 0 Å². The van der Waals surface area contributed by atoms with Crippen LogP contribution in [-0.4, -0.2) is 49.7 Å². The number of amides is 1. The van der Waals surface area contributed by atoms with Gasteiger partial charge in [0.15, 0.2) is 0 Å². The lowest BCUT2D eigenvalue weighted by Gasteiger charge is -2.23. The number of hydrogen-bond acceptors (Lipinski definition) is 3. The van der Waals surface area contributed by atoms with Crippen LogP contribution >= 0.6 is 0 Å². The Morgan fingerprint density at radius 1 is 1.13 bits per heavy atom. The molecule has 1 aromatic carbocycles. The minimum absolute atomic E-state index is 0.0111. The SMILES string of the molecule is CC(C)CN1C[C@@H]2CN(S(=O)(=O)Cc3ccccc3)C[C@@H]2C1=O. The Labute approximate surface area is 138 Å². The summed E-state index contributed by atoms with van der Waals surface area (Å²) in [7, 11) is -3.36. The Hall–Kier alpha value is -1.40. The Kier molecular flexibility index (Phi) is 4.47. The lowest BCUT2D eigenvalue weighted by Crippen LogP contribution is -2.37. The van der Waals surface area contributed by atoms with Crippen LogP contribution in [0, 0.1) is 17.8 Å². The summed E-state index contributed by atoms with van der Waals surface area (Å²) in [6.07, 6.45) is 0. The summed E-state index contributed by atoms with van der Waals surface area (Å²) in [6, 6.07) is 9.21. The second-order valence-electron chi connectivity index (χ2n) is 7.06. The van der Waals surface area contributed by atoms with Crippen LogP contribution in [0.4, 0.5) is 0 Å². The molecule has 2 saturated heterocycles. The molecule has 3 rings (SSSR count). The van der Waals surface area contributed by atoms with E-state index in [0.29, 0.717) is 25.6 Å². The Balaban J connectivity index is 1.66. The molecule has 126 valence electrons. The van der Waals surface area contributed by atoms with Gasteiger partial charge in [0.25, 0.3) is 0 Å². The minimum atomic E-state index is -3.36. The first kappa shape index (κ1) is 16.5. The summed E-state index contributed by atoms with van der Waals surface area (Å²) in [6.45, 7) is 6.46. The third kappa shape index (κ3) is 3.43. The average Bonchev–Trinajstić information content (AvgIpc) is 3.01. The fourth-order valence-corrected chi connectivity index (χ4v) is 5.22. The van der Waals surface area contributed by atoms with Crippen LogP contribution in [0.1, 0.15) is 19.4 Å². The molecule has 2 fully saturated rings. The molecule has 0 spiro atoms. The van der Waals surface area contributed by atoms with Crippen molar-refractivity contribution in [3.05, 3.63) is 35.9 Å². The second kappa shape index (κ2) is 6.24. The van der Waals surface area contributed by atoms with E-state index in [1.54, 1.807) is 0 Å². The van der Waals surface area contributed by atoms with Gasteiger partial charge < -0.3 is 4.90 Å². The summed E-state index contributed by atoms with van der Waals surface area (Å²) in [4.78, 5) is 14.4. The maximum atomic E-state index is 12.6. The van der Waals surface area contributed by atoms with Crippen LogP contribution < -0.4 is 0 Å². The smallest absolute Gasteiger partial charge is 0.227 e. The van der Waals surface area contributed by atoms with Crippen LogP contribution in [0.5, 0.6) is 0 Å². The first-order valence-corrected chi connectivity index (χ1v) is 9.78. The molecule has 23 heavy (non-hydrogen) atoms. The maximum absolute atomic E-state index is 12.6. The quantitative estimate of drug-likeness (QED) is 0.820. The van der Waals surface area contributed by atoms with Gasteiger partial charge >= 0.3 is 0 Å². The molecule has 0 aliphatic carbocycles. The van der Waals surface area contributed by atoms with Crippen molar-refractivity contribution in [1.29, 1.82) is 0 Å². The highest BCUT2D eigenvalue weighted by Crippen LogP contribution is 2.34. The highest BCUT2D eigenvalue weighted by atomic mass is 32.2. The number of likely N-dealkylation sites (tertiary alicyclic amines) is 1. The summed E-state index contributed by atoms with van der Waals surface area (Å²) in [5.74, 6) is 0.569.